The second kappa shape index (κ2) is 2.27. The van der Waals surface area contributed by atoms with Gasteiger partial charge in [-0.1, -0.05) is 0 Å². The van der Waals surface area contributed by atoms with Gasteiger partial charge >= 0.3 is 7.95 Å². The van der Waals surface area contributed by atoms with Crippen LogP contribution in [0.2, 0.25) is 0 Å². The average Bonchev–Trinajstić information content (AvgIpc) is 1.38. The summed E-state index contributed by atoms with van der Waals surface area (Å²) < 4.78 is 9.49. The highest BCUT2D eigenvalue weighted by atomic mass is 31.1. The van der Waals surface area contributed by atoms with Crippen molar-refractivity contribution in [2.75, 3.05) is 6.35 Å². The molecule has 5 heavy (non-hydrogen) atoms. The van der Waals surface area contributed by atoms with Crippen molar-refractivity contribution in [2.24, 2.45) is 5.50 Å². The Morgan fingerprint density at radius 3 is 2.20 bits per heavy atom. The highest BCUT2D eigenvalue weighted by Gasteiger charge is 1.97. The summed E-state index contributed by atoms with van der Waals surface area (Å²) >= 11 is 0. The molecule has 1 unspecified atom stereocenters. The fourth-order valence-corrected chi connectivity index (χ4v) is 0. The van der Waals surface area contributed by atoms with Crippen LogP contribution in [0.25, 0.3) is 0 Å². The van der Waals surface area contributed by atoms with Crippen LogP contribution in [0.4, 0.5) is 0 Å². The maximum atomic E-state index is 9.49. The monoisotopic (exact) mass is 94.0 g/mol. The second-order valence-corrected chi connectivity index (χ2v) is 1.68. The van der Waals surface area contributed by atoms with Crippen molar-refractivity contribution in [3.63, 3.8) is 0 Å². The molecule has 3 N–H and O–H groups in total. The second-order valence-electron chi connectivity index (χ2n) is 0.559. The van der Waals surface area contributed by atoms with E-state index in [1.165, 1.54) is 0 Å². The zero-order valence-electron chi connectivity index (χ0n) is 2.59. The molecule has 0 aliphatic heterocycles. The SMILES string of the molecule is N[P+](=O)CO. The smallest absolute Gasteiger partial charge is 0.352 e. The van der Waals surface area contributed by atoms with E-state index in [-0.39, 0.29) is 0 Å². The molecule has 0 aromatic heterocycles. The molecule has 0 aliphatic carbocycles. The van der Waals surface area contributed by atoms with Crippen LogP contribution in [0, 0.1) is 0 Å². The van der Waals surface area contributed by atoms with Gasteiger partial charge in [0.25, 0.3) is 6.35 Å². The Balaban J connectivity index is 2.85. The Hall–Kier alpha value is 0.0200. The predicted octanol–water partition coefficient (Wildman–Crippen LogP) is -0.363. The lowest BCUT2D eigenvalue weighted by atomic mass is 11.7. The minimum atomic E-state index is -1.79. The van der Waals surface area contributed by atoms with Crippen LogP contribution in [0.1, 0.15) is 0 Å². The van der Waals surface area contributed by atoms with Gasteiger partial charge in [0.1, 0.15) is 0 Å². The molecular weight excluding hydrogens is 89.0 g/mol. The lowest BCUT2D eigenvalue weighted by Gasteiger charge is -1.56. The summed E-state index contributed by atoms with van der Waals surface area (Å²) in [6.07, 6.45) is -0.407. The number of rotatable bonds is 1. The summed E-state index contributed by atoms with van der Waals surface area (Å²) in [5, 5.41) is 7.73. The molecular formula is CH5NO2P+. The van der Waals surface area contributed by atoms with Crippen LogP contribution >= 0.6 is 7.95 Å². The lowest BCUT2D eigenvalue weighted by molar-refractivity contribution is 0.362. The van der Waals surface area contributed by atoms with E-state index >= 15 is 0 Å². The third-order valence-corrected chi connectivity index (χ3v) is 0.418. The van der Waals surface area contributed by atoms with Gasteiger partial charge in [0.2, 0.25) is 0 Å². The molecule has 0 amide bonds. The average molecular weight is 94.0 g/mol. The standard InChI is InChI=1S/CH5NO2P/c2-5(4)1-3/h3H,1H2,(H2,2,4)/q+1. The summed E-state index contributed by atoms with van der Waals surface area (Å²) in [7, 11) is -1.79. The molecule has 30 valence electrons. The summed E-state index contributed by atoms with van der Waals surface area (Å²) in [5.41, 5.74) is 4.55. The van der Waals surface area contributed by atoms with Crippen molar-refractivity contribution in [2.45, 2.75) is 0 Å². The van der Waals surface area contributed by atoms with Crippen LogP contribution in [-0.4, -0.2) is 11.5 Å². The first-order chi connectivity index (χ1) is 2.27. The molecule has 0 rings (SSSR count). The molecule has 0 aromatic carbocycles. The van der Waals surface area contributed by atoms with Crippen molar-refractivity contribution in [3.05, 3.63) is 0 Å². The van der Waals surface area contributed by atoms with Gasteiger partial charge < -0.3 is 5.11 Å². The van der Waals surface area contributed by atoms with Crippen LogP contribution in [-0.2, 0) is 4.57 Å². The first-order valence-corrected chi connectivity index (χ1v) is 2.59. The van der Waals surface area contributed by atoms with Crippen molar-refractivity contribution < 1.29 is 9.67 Å². The van der Waals surface area contributed by atoms with E-state index in [4.69, 9.17) is 5.11 Å². The molecule has 0 aliphatic rings. The van der Waals surface area contributed by atoms with Gasteiger partial charge in [0, 0.05) is 0 Å². The summed E-state index contributed by atoms with van der Waals surface area (Å²) in [6.45, 7) is 0. The quantitative estimate of drug-likeness (QED) is 0.436. The molecule has 0 aromatic rings. The number of aliphatic hydroxyl groups is 1. The largest absolute Gasteiger partial charge is 0.457 e. The van der Waals surface area contributed by atoms with E-state index in [1.807, 2.05) is 0 Å². The first kappa shape index (κ1) is 5.02. The third kappa shape index (κ3) is 4.02. The Kier molecular flexibility index (Phi) is 2.28. The molecule has 0 saturated heterocycles. The highest BCUT2D eigenvalue weighted by molar-refractivity contribution is 7.41. The van der Waals surface area contributed by atoms with Gasteiger partial charge in [0.15, 0.2) is 0 Å². The van der Waals surface area contributed by atoms with E-state index in [9.17, 15) is 4.57 Å². The Morgan fingerprint density at radius 2 is 2.20 bits per heavy atom. The molecule has 0 heterocycles. The maximum Gasteiger partial charge on any atom is 0.457 e. The normalized spacial score (nSPS) is 11.2. The van der Waals surface area contributed by atoms with Gasteiger partial charge in [-0.3, -0.25) is 0 Å². The zero-order chi connectivity index (χ0) is 4.28. The highest BCUT2D eigenvalue weighted by Crippen LogP contribution is 2.00. The Bertz CT molecular complexity index is 44.9. The van der Waals surface area contributed by atoms with E-state index in [2.05, 4.69) is 5.50 Å². The molecule has 3 nitrogen and oxygen atoms in total. The summed E-state index contributed by atoms with van der Waals surface area (Å²) in [4.78, 5) is 0. The number of hydrogen-bond acceptors (Lipinski definition) is 2. The molecule has 0 bridgehead atoms. The summed E-state index contributed by atoms with van der Waals surface area (Å²) in [6, 6.07) is 0. The lowest BCUT2D eigenvalue weighted by Crippen LogP contribution is -1.80. The van der Waals surface area contributed by atoms with Crippen LogP contribution in [0.3, 0.4) is 0 Å². The van der Waals surface area contributed by atoms with Crippen LogP contribution in [0.5, 0.6) is 0 Å². The number of hydrogen-bond donors (Lipinski definition) is 2. The van der Waals surface area contributed by atoms with E-state index in [1.54, 1.807) is 0 Å². The molecule has 0 fully saturated rings. The minimum Gasteiger partial charge on any atom is -0.352 e. The molecule has 4 heteroatoms. The van der Waals surface area contributed by atoms with Gasteiger partial charge in [-0.25, -0.2) is 0 Å². The fraction of sp³-hybridized carbons (Fsp3) is 1.00. The van der Waals surface area contributed by atoms with Gasteiger partial charge in [-0.2, -0.15) is 0 Å². The molecule has 0 saturated carbocycles. The predicted molar refractivity (Wildman–Crippen MR) is 18.9 cm³/mol. The third-order valence-electron chi connectivity index (χ3n) is 0.139. The van der Waals surface area contributed by atoms with Crippen molar-refractivity contribution >= 4 is 7.95 Å². The summed E-state index contributed by atoms with van der Waals surface area (Å²) in [5.74, 6) is 0. The zero-order valence-corrected chi connectivity index (χ0v) is 3.48. The number of nitrogens with two attached hydrogens (primary N) is 1. The number of aliphatic hydroxyl groups excluding tert-OH is 1. The van der Waals surface area contributed by atoms with Crippen molar-refractivity contribution in [1.82, 2.24) is 0 Å². The van der Waals surface area contributed by atoms with Crippen molar-refractivity contribution in [3.8, 4) is 0 Å². The Labute approximate surface area is 30.6 Å². The topological polar surface area (TPSA) is 63.3 Å². The van der Waals surface area contributed by atoms with E-state index < -0.39 is 14.3 Å². The maximum absolute atomic E-state index is 9.49. The van der Waals surface area contributed by atoms with Crippen LogP contribution < -0.4 is 5.50 Å². The van der Waals surface area contributed by atoms with Gasteiger partial charge in [-0.05, 0) is 4.57 Å². The van der Waals surface area contributed by atoms with E-state index in [0.29, 0.717) is 0 Å². The van der Waals surface area contributed by atoms with Crippen molar-refractivity contribution in [1.29, 1.82) is 0 Å². The molecule has 1 atom stereocenters. The first-order valence-electron chi connectivity index (χ1n) is 1.07. The minimum absolute atomic E-state index is 0.407. The Morgan fingerprint density at radius 1 is 2.00 bits per heavy atom. The van der Waals surface area contributed by atoms with Crippen LogP contribution in [0.15, 0.2) is 0 Å². The molecule has 0 spiro atoms. The van der Waals surface area contributed by atoms with Gasteiger partial charge in [-0.15, -0.1) is 5.50 Å². The van der Waals surface area contributed by atoms with E-state index in [0.717, 1.165) is 0 Å². The molecule has 0 radical (unpaired) electrons. The fourth-order valence-electron chi connectivity index (χ4n) is 0. The van der Waals surface area contributed by atoms with Gasteiger partial charge in [0.05, 0.1) is 0 Å².